The fourth-order valence-electron chi connectivity index (χ4n) is 1.61. The Balaban J connectivity index is 2.71. The molecular weight excluding hydrogens is 160 g/mol. The van der Waals surface area contributed by atoms with E-state index in [4.69, 9.17) is 5.21 Å². The van der Waals surface area contributed by atoms with E-state index in [1.54, 1.807) is 0 Å². The highest BCUT2D eigenvalue weighted by molar-refractivity contribution is 5.64. The smallest absolute Gasteiger partial charge is 0.150 e. The summed E-state index contributed by atoms with van der Waals surface area (Å²) < 4.78 is 0. The van der Waals surface area contributed by atoms with Crippen molar-refractivity contribution in [3.63, 3.8) is 0 Å². The second kappa shape index (κ2) is 3.62. The van der Waals surface area contributed by atoms with Crippen LogP contribution in [-0.2, 0) is 4.79 Å². The average molecular weight is 172 g/mol. The van der Waals surface area contributed by atoms with E-state index in [0.29, 0.717) is 19.1 Å². The monoisotopic (exact) mass is 172 g/mol. The maximum atomic E-state index is 10.7. The third kappa shape index (κ3) is 1.45. The molecule has 1 rings (SSSR count). The number of carbonyl (C=O) groups is 1. The standard InChI is InChI=1S/C7H12N2O3/c10-6-7(9(12)8-11)4-2-1-3-5-7/h6,12H,1-5H2. The Hall–Kier alpha value is -0.970. The van der Waals surface area contributed by atoms with Crippen LogP contribution >= 0.6 is 0 Å². The molecule has 0 aliphatic heterocycles. The van der Waals surface area contributed by atoms with Crippen LogP contribution in [0.25, 0.3) is 0 Å². The van der Waals surface area contributed by atoms with E-state index >= 15 is 0 Å². The van der Waals surface area contributed by atoms with Crippen molar-refractivity contribution < 1.29 is 10.0 Å². The van der Waals surface area contributed by atoms with Crippen LogP contribution in [0.4, 0.5) is 0 Å². The Labute approximate surface area is 70.3 Å². The molecule has 0 radical (unpaired) electrons. The van der Waals surface area contributed by atoms with E-state index < -0.39 is 5.54 Å². The number of hydrogen-bond acceptors (Lipinski definition) is 4. The number of nitrogens with zero attached hydrogens (tertiary/aromatic N) is 2. The molecule has 0 atom stereocenters. The van der Waals surface area contributed by atoms with Crippen LogP contribution in [0.1, 0.15) is 32.1 Å². The van der Waals surface area contributed by atoms with Gasteiger partial charge >= 0.3 is 0 Å². The maximum Gasteiger partial charge on any atom is 0.150 e. The minimum Gasteiger partial charge on any atom is -0.301 e. The molecule has 0 spiro atoms. The highest BCUT2D eigenvalue weighted by atomic mass is 16.6. The summed E-state index contributed by atoms with van der Waals surface area (Å²) in [6.45, 7) is 0. The lowest BCUT2D eigenvalue weighted by molar-refractivity contribution is -0.184. The largest absolute Gasteiger partial charge is 0.301 e. The van der Waals surface area contributed by atoms with Crippen molar-refractivity contribution in [3.05, 3.63) is 4.91 Å². The van der Waals surface area contributed by atoms with Gasteiger partial charge in [-0.1, -0.05) is 19.3 Å². The Morgan fingerprint density at radius 2 is 1.92 bits per heavy atom. The summed E-state index contributed by atoms with van der Waals surface area (Å²) >= 11 is 0. The van der Waals surface area contributed by atoms with Crippen LogP contribution in [0.2, 0.25) is 0 Å². The van der Waals surface area contributed by atoms with Gasteiger partial charge in [-0.25, -0.2) is 0 Å². The zero-order valence-electron chi connectivity index (χ0n) is 6.77. The SMILES string of the molecule is O=CC1(N(O)N=O)CCCCC1. The molecule has 68 valence electrons. The highest BCUT2D eigenvalue weighted by Crippen LogP contribution is 2.30. The van der Waals surface area contributed by atoms with E-state index in [9.17, 15) is 9.70 Å². The summed E-state index contributed by atoms with van der Waals surface area (Å²) in [6.07, 6.45) is 4.39. The van der Waals surface area contributed by atoms with Crippen LogP contribution in [0, 0.1) is 4.91 Å². The third-order valence-corrected chi connectivity index (χ3v) is 2.41. The van der Waals surface area contributed by atoms with Crippen molar-refractivity contribution in [3.8, 4) is 0 Å². The molecule has 0 amide bonds. The molecule has 0 aromatic carbocycles. The van der Waals surface area contributed by atoms with Crippen LogP contribution in [0.15, 0.2) is 5.29 Å². The molecular formula is C7H12N2O3. The number of nitroso groups, excluding NO2 is 1. The van der Waals surface area contributed by atoms with Gasteiger partial charge in [0.15, 0.2) is 0 Å². The first-order chi connectivity index (χ1) is 5.75. The molecule has 1 saturated carbocycles. The number of hydroxylamine groups is 1. The van der Waals surface area contributed by atoms with E-state index in [1.165, 1.54) is 0 Å². The minimum absolute atomic E-state index is 0.263. The topological polar surface area (TPSA) is 70.0 Å². The van der Waals surface area contributed by atoms with Crippen LogP contribution in [0.3, 0.4) is 0 Å². The van der Waals surface area contributed by atoms with Gasteiger partial charge in [-0.15, -0.1) is 10.1 Å². The summed E-state index contributed by atoms with van der Waals surface area (Å²) in [4.78, 5) is 20.7. The highest BCUT2D eigenvalue weighted by Gasteiger charge is 2.38. The lowest BCUT2D eigenvalue weighted by Gasteiger charge is -2.33. The predicted molar refractivity (Wildman–Crippen MR) is 41.3 cm³/mol. The fraction of sp³-hybridized carbons (Fsp3) is 0.857. The summed E-state index contributed by atoms with van der Waals surface area (Å²) in [5.74, 6) is 0. The summed E-state index contributed by atoms with van der Waals surface area (Å²) in [6, 6.07) is 0. The summed E-state index contributed by atoms with van der Waals surface area (Å²) in [5, 5.41) is 11.7. The van der Waals surface area contributed by atoms with Gasteiger partial charge in [-0.3, -0.25) is 5.21 Å². The Morgan fingerprint density at radius 3 is 2.33 bits per heavy atom. The van der Waals surface area contributed by atoms with Gasteiger partial charge in [0.25, 0.3) is 0 Å². The number of rotatable bonds is 3. The van der Waals surface area contributed by atoms with E-state index in [2.05, 4.69) is 5.29 Å². The second-order valence-corrected chi connectivity index (χ2v) is 3.15. The molecule has 0 aromatic heterocycles. The minimum atomic E-state index is -1.04. The van der Waals surface area contributed by atoms with Crippen molar-refractivity contribution in [2.45, 2.75) is 37.6 Å². The van der Waals surface area contributed by atoms with E-state index in [0.717, 1.165) is 19.3 Å². The van der Waals surface area contributed by atoms with Crippen LogP contribution in [-0.4, -0.2) is 22.2 Å². The van der Waals surface area contributed by atoms with Crippen molar-refractivity contribution in [2.75, 3.05) is 0 Å². The molecule has 0 unspecified atom stereocenters. The van der Waals surface area contributed by atoms with Gasteiger partial charge in [-0.2, -0.15) is 0 Å². The molecule has 0 aromatic rings. The van der Waals surface area contributed by atoms with Gasteiger partial charge in [-0.05, 0) is 12.8 Å². The molecule has 1 aliphatic rings. The molecule has 0 heterocycles. The molecule has 12 heavy (non-hydrogen) atoms. The molecule has 5 nitrogen and oxygen atoms in total. The van der Waals surface area contributed by atoms with E-state index in [-0.39, 0.29) is 5.17 Å². The number of carbonyl (C=O) groups excluding carboxylic acids is 1. The normalized spacial score (nSPS) is 21.4. The van der Waals surface area contributed by atoms with Crippen molar-refractivity contribution >= 4 is 6.29 Å². The Bertz CT molecular complexity index is 177. The van der Waals surface area contributed by atoms with Crippen molar-refractivity contribution in [2.24, 2.45) is 5.29 Å². The van der Waals surface area contributed by atoms with Gasteiger partial charge in [0.1, 0.15) is 11.8 Å². The number of aldehydes is 1. The zero-order chi connectivity index (χ0) is 9.03. The first-order valence-electron chi connectivity index (χ1n) is 4.04. The molecule has 1 fully saturated rings. The third-order valence-electron chi connectivity index (χ3n) is 2.41. The van der Waals surface area contributed by atoms with Gasteiger partial charge in [0, 0.05) is 0 Å². The maximum absolute atomic E-state index is 10.7. The number of hydrogen-bond donors (Lipinski definition) is 1. The summed E-state index contributed by atoms with van der Waals surface area (Å²) in [5.41, 5.74) is -1.04. The molecule has 1 aliphatic carbocycles. The Morgan fingerprint density at radius 1 is 1.33 bits per heavy atom. The van der Waals surface area contributed by atoms with Crippen LogP contribution < -0.4 is 0 Å². The van der Waals surface area contributed by atoms with Crippen molar-refractivity contribution in [1.29, 1.82) is 0 Å². The van der Waals surface area contributed by atoms with Gasteiger partial charge < -0.3 is 4.79 Å². The van der Waals surface area contributed by atoms with Gasteiger partial charge in [0.2, 0.25) is 0 Å². The zero-order valence-corrected chi connectivity index (χ0v) is 6.77. The predicted octanol–water partition coefficient (Wildman–Crippen LogP) is 1.26. The lowest BCUT2D eigenvalue weighted by Crippen LogP contribution is -2.46. The van der Waals surface area contributed by atoms with Gasteiger partial charge in [0.05, 0.1) is 5.29 Å². The summed E-state index contributed by atoms with van der Waals surface area (Å²) in [7, 11) is 0. The average Bonchev–Trinajstić information content (AvgIpc) is 2.17. The first-order valence-corrected chi connectivity index (χ1v) is 4.04. The molecule has 1 N–H and O–H groups in total. The second-order valence-electron chi connectivity index (χ2n) is 3.15. The van der Waals surface area contributed by atoms with Crippen molar-refractivity contribution in [1.82, 2.24) is 5.17 Å². The fourth-order valence-corrected chi connectivity index (χ4v) is 1.61. The molecule has 0 bridgehead atoms. The van der Waals surface area contributed by atoms with Crippen LogP contribution in [0.5, 0.6) is 0 Å². The molecule has 5 heteroatoms. The first kappa shape index (κ1) is 9.12. The lowest BCUT2D eigenvalue weighted by atomic mass is 9.83. The van der Waals surface area contributed by atoms with E-state index in [1.807, 2.05) is 0 Å². The Kier molecular flexibility index (Phi) is 2.75. The molecule has 0 saturated heterocycles. The quantitative estimate of drug-likeness (QED) is 0.395.